The average molecular weight is 330 g/mol. The first-order chi connectivity index (χ1) is 11.8. The van der Waals surface area contributed by atoms with Crippen molar-refractivity contribution >= 4 is 5.96 Å². The SMILES string of the molecule is CN=C(NCCc1ccc(C)cc1)N1CCC(N2CCOCC2)C1. The van der Waals surface area contributed by atoms with Crippen LogP contribution in [0, 0.1) is 6.92 Å². The molecule has 0 aromatic heterocycles. The van der Waals surface area contributed by atoms with Gasteiger partial charge in [-0.15, -0.1) is 0 Å². The Bertz CT molecular complexity index is 537. The van der Waals surface area contributed by atoms with Gasteiger partial charge in [0.15, 0.2) is 5.96 Å². The Hall–Kier alpha value is -1.59. The van der Waals surface area contributed by atoms with Crippen LogP contribution in [-0.2, 0) is 11.2 Å². The summed E-state index contributed by atoms with van der Waals surface area (Å²) < 4.78 is 5.47. The van der Waals surface area contributed by atoms with Gasteiger partial charge >= 0.3 is 0 Å². The number of morpholine rings is 1. The minimum absolute atomic E-state index is 0.643. The van der Waals surface area contributed by atoms with Gasteiger partial charge in [0.2, 0.25) is 0 Å². The Kier molecular flexibility index (Phi) is 6.10. The van der Waals surface area contributed by atoms with Crippen LogP contribution in [-0.4, -0.2) is 74.8 Å². The van der Waals surface area contributed by atoms with E-state index in [9.17, 15) is 0 Å². The molecule has 5 heteroatoms. The summed E-state index contributed by atoms with van der Waals surface area (Å²) >= 11 is 0. The zero-order valence-electron chi connectivity index (χ0n) is 15.0. The lowest BCUT2D eigenvalue weighted by molar-refractivity contribution is 0.0195. The van der Waals surface area contributed by atoms with Gasteiger partial charge in [-0.05, 0) is 25.3 Å². The maximum Gasteiger partial charge on any atom is 0.193 e. The molecule has 1 N–H and O–H groups in total. The minimum Gasteiger partial charge on any atom is -0.379 e. The van der Waals surface area contributed by atoms with Crippen LogP contribution < -0.4 is 5.32 Å². The van der Waals surface area contributed by atoms with E-state index in [1.807, 2.05) is 7.05 Å². The van der Waals surface area contributed by atoms with Crippen LogP contribution in [0.2, 0.25) is 0 Å². The second kappa shape index (κ2) is 8.49. The number of aliphatic imine (C=N–C) groups is 1. The highest BCUT2D eigenvalue weighted by atomic mass is 16.5. The fraction of sp³-hybridized carbons (Fsp3) is 0.632. The molecule has 1 atom stereocenters. The first-order valence-corrected chi connectivity index (χ1v) is 9.09. The van der Waals surface area contributed by atoms with E-state index in [1.165, 1.54) is 17.5 Å². The molecular formula is C19H30N4O. The number of likely N-dealkylation sites (tertiary alicyclic amines) is 1. The first-order valence-electron chi connectivity index (χ1n) is 9.09. The number of hydrogen-bond acceptors (Lipinski definition) is 3. The van der Waals surface area contributed by atoms with Gasteiger partial charge in [0, 0.05) is 45.8 Å². The zero-order chi connectivity index (χ0) is 16.8. The predicted octanol–water partition coefficient (Wildman–Crippen LogP) is 1.52. The molecule has 0 amide bonds. The molecule has 132 valence electrons. The summed E-state index contributed by atoms with van der Waals surface area (Å²) in [6, 6.07) is 9.42. The van der Waals surface area contributed by atoms with E-state index in [2.05, 4.69) is 51.3 Å². The van der Waals surface area contributed by atoms with E-state index in [0.717, 1.165) is 58.3 Å². The summed E-state index contributed by atoms with van der Waals surface area (Å²) in [4.78, 5) is 9.45. The standard InChI is InChI=1S/C19H30N4O/c1-16-3-5-17(6-4-16)7-9-21-19(20-2)23-10-8-18(15-23)22-11-13-24-14-12-22/h3-6,18H,7-15H2,1-2H3,(H,20,21). The molecule has 1 aromatic carbocycles. The lowest BCUT2D eigenvalue weighted by Gasteiger charge is -2.32. The summed E-state index contributed by atoms with van der Waals surface area (Å²) in [5, 5.41) is 3.53. The van der Waals surface area contributed by atoms with Crippen molar-refractivity contribution in [3.63, 3.8) is 0 Å². The van der Waals surface area contributed by atoms with Crippen molar-refractivity contribution < 1.29 is 4.74 Å². The van der Waals surface area contributed by atoms with Gasteiger partial charge in [0.25, 0.3) is 0 Å². The Morgan fingerprint density at radius 3 is 2.67 bits per heavy atom. The largest absolute Gasteiger partial charge is 0.379 e. The topological polar surface area (TPSA) is 40.1 Å². The van der Waals surface area contributed by atoms with Crippen molar-refractivity contribution in [2.24, 2.45) is 4.99 Å². The van der Waals surface area contributed by atoms with Crippen molar-refractivity contribution in [3.05, 3.63) is 35.4 Å². The highest BCUT2D eigenvalue weighted by molar-refractivity contribution is 5.80. The van der Waals surface area contributed by atoms with Crippen molar-refractivity contribution in [1.29, 1.82) is 0 Å². The summed E-state index contributed by atoms with van der Waals surface area (Å²) in [6.07, 6.45) is 2.25. The summed E-state index contributed by atoms with van der Waals surface area (Å²) in [5.41, 5.74) is 2.69. The molecule has 3 rings (SSSR count). The van der Waals surface area contributed by atoms with Gasteiger partial charge in [-0.25, -0.2) is 0 Å². The number of aryl methyl sites for hydroxylation is 1. The van der Waals surface area contributed by atoms with Crippen LogP contribution in [0.1, 0.15) is 17.5 Å². The number of rotatable bonds is 4. The lowest BCUT2D eigenvalue weighted by atomic mass is 10.1. The molecule has 0 aliphatic carbocycles. The summed E-state index contributed by atoms with van der Waals surface area (Å²) in [6.45, 7) is 9.10. The maximum atomic E-state index is 5.47. The maximum absolute atomic E-state index is 5.47. The second-order valence-electron chi connectivity index (χ2n) is 6.75. The molecule has 1 aromatic rings. The summed E-state index contributed by atoms with van der Waals surface area (Å²) in [7, 11) is 1.89. The average Bonchev–Trinajstić information content (AvgIpc) is 3.11. The molecule has 2 aliphatic heterocycles. The van der Waals surface area contributed by atoms with E-state index in [1.54, 1.807) is 0 Å². The molecule has 2 heterocycles. The van der Waals surface area contributed by atoms with Crippen LogP contribution >= 0.6 is 0 Å². The van der Waals surface area contributed by atoms with Gasteiger partial charge in [0.05, 0.1) is 13.2 Å². The Balaban J connectivity index is 1.45. The Morgan fingerprint density at radius 2 is 1.96 bits per heavy atom. The molecule has 1 unspecified atom stereocenters. The van der Waals surface area contributed by atoms with Gasteiger partial charge < -0.3 is 15.0 Å². The van der Waals surface area contributed by atoms with Gasteiger partial charge in [-0.2, -0.15) is 0 Å². The monoisotopic (exact) mass is 330 g/mol. The number of benzene rings is 1. The van der Waals surface area contributed by atoms with E-state index >= 15 is 0 Å². The summed E-state index contributed by atoms with van der Waals surface area (Å²) in [5.74, 6) is 1.04. The number of nitrogens with one attached hydrogen (secondary N) is 1. The molecule has 0 radical (unpaired) electrons. The van der Waals surface area contributed by atoms with Crippen LogP contribution in [0.3, 0.4) is 0 Å². The number of nitrogens with zero attached hydrogens (tertiary/aromatic N) is 3. The Morgan fingerprint density at radius 1 is 1.21 bits per heavy atom. The van der Waals surface area contributed by atoms with Crippen molar-refractivity contribution in [1.82, 2.24) is 15.1 Å². The predicted molar refractivity (Wildman–Crippen MR) is 98.6 cm³/mol. The van der Waals surface area contributed by atoms with E-state index in [-0.39, 0.29) is 0 Å². The van der Waals surface area contributed by atoms with Crippen LogP contribution in [0.15, 0.2) is 29.3 Å². The number of ether oxygens (including phenoxy) is 1. The molecule has 2 aliphatic rings. The molecule has 24 heavy (non-hydrogen) atoms. The molecule has 0 spiro atoms. The fourth-order valence-corrected chi connectivity index (χ4v) is 3.58. The zero-order valence-corrected chi connectivity index (χ0v) is 15.0. The number of hydrogen-bond donors (Lipinski definition) is 1. The minimum atomic E-state index is 0.643. The highest BCUT2D eigenvalue weighted by Gasteiger charge is 2.30. The highest BCUT2D eigenvalue weighted by Crippen LogP contribution is 2.17. The lowest BCUT2D eigenvalue weighted by Crippen LogP contribution is -2.46. The van der Waals surface area contributed by atoms with Crippen LogP contribution in [0.25, 0.3) is 0 Å². The smallest absolute Gasteiger partial charge is 0.193 e. The van der Waals surface area contributed by atoms with Crippen molar-refractivity contribution in [2.45, 2.75) is 25.8 Å². The third-order valence-corrected chi connectivity index (χ3v) is 5.05. The molecule has 2 fully saturated rings. The number of guanidine groups is 1. The molecule has 0 saturated carbocycles. The normalized spacial score (nSPS) is 22.8. The first kappa shape index (κ1) is 17.2. The quantitative estimate of drug-likeness (QED) is 0.671. The van der Waals surface area contributed by atoms with Gasteiger partial charge in [-0.3, -0.25) is 9.89 Å². The fourth-order valence-electron chi connectivity index (χ4n) is 3.58. The molecule has 5 nitrogen and oxygen atoms in total. The van der Waals surface area contributed by atoms with Gasteiger partial charge in [-0.1, -0.05) is 29.8 Å². The van der Waals surface area contributed by atoms with Crippen LogP contribution in [0.5, 0.6) is 0 Å². The molecule has 0 bridgehead atoms. The van der Waals surface area contributed by atoms with Crippen molar-refractivity contribution in [2.75, 3.05) is 53.0 Å². The third-order valence-electron chi connectivity index (χ3n) is 5.05. The Labute approximate surface area is 145 Å². The third kappa shape index (κ3) is 4.48. The molecule has 2 saturated heterocycles. The van der Waals surface area contributed by atoms with E-state index in [4.69, 9.17) is 4.74 Å². The van der Waals surface area contributed by atoms with Crippen LogP contribution in [0.4, 0.5) is 0 Å². The second-order valence-corrected chi connectivity index (χ2v) is 6.75. The van der Waals surface area contributed by atoms with E-state index in [0.29, 0.717) is 6.04 Å². The van der Waals surface area contributed by atoms with Gasteiger partial charge in [0.1, 0.15) is 0 Å². The van der Waals surface area contributed by atoms with Crippen molar-refractivity contribution in [3.8, 4) is 0 Å². The molecular weight excluding hydrogens is 300 g/mol. The van der Waals surface area contributed by atoms with E-state index < -0.39 is 0 Å².